The Morgan fingerprint density at radius 2 is 2.00 bits per heavy atom. The molecule has 1 N–H and O–H groups in total. The maximum atomic E-state index is 8.67. The predicted molar refractivity (Wildman–Crippen MR) is 79.9 cm³/mol. The topological polar surface area (TPSA) is 57.4 Å². The summed E-state index contributed by atoms with van der Waals surface area (Å²) >= 11 is 1.39. The van der Waals surface area contributed by atoms with Gasteiger partial charge in [0.2, 0.25) is 0 Å². The second kappa shape index (κ2) is 6.12. The van der Waals surface area contributed by atoms with E-state index in [1.54, 1.807) is 7.11 Å². The molecule has 2 rings (SSSR count). The van der Waals surface area contributed by atoms with Gasteiger partial charge in [0.1, 0.15) is 5.75 Å². The lowest BCUT2D eigenvalue weighted by Crippen LogP contribution is -2.12. The lowest BCUT2D eigenvalue weighted by molar-refractivity contribution is 0.420. The Bertz CT molecular complexity index is 661. The van der Waals surface area contributed by atoms with E-state index in [4.69, 9.17) is 10.00 Å². The van der Waals surface area contributed by atoms with Crippen LogP contribution in [-0.2, 0) is 0 Å². The fourth-order valence-corrected chi connectivity index (χ4v) is 2.15. The molecule has 5 heteroatoms. The molecular formula is C14H13N3OS. The Morgan fingerprint density at radius 3 is 2.63 bits per heavy atom. The Kier molecular flexibility index (Phi) is 4.26. The maximum Gasteiger partial charge on any atom is 0.183 e. The number of amidine groups is 1. The van der Waals surface area contributed by atoms with Crippen LogP contribution in [0.1, 0.15) is 0 Å². The van der Waals surface area contributed by atoms with E-state index in [2.05, 4.69) is 10.3 Å². The monoisotopic (exact) mass is 271 g/mol. The fraction of sp³-hybridized carbons (Fsp3) is 0.143. The molecule has 0 aliphatic rings. The zero-order valence-electron chi connectivity index (χ0n) is 10.7. The van der Waals surface area contributed by atoms with Crippen LogP contribution in [0.5, 0.6) is 5.75 Å². The molecule has 0 amide bonds. The summed E-state index contributed by atoms with van der Waals surface area (Å²) < 4.78 is 5.34. The summed E-state index contributed by atoms with van der Waals surface area (Å²) in [6.45, 7) is 0. The second-order valence-electron chi connectivity index (χ2n) is 3.69. The molecule has 0 saturated carbocycles. The van der Waals surface area contributed by atoms with Crippen LogP contribution in [0.4, 0.5) is 5.69 Å². The molecule has 19 heavy (non-hydrogen) atoms. The van der Waals surface area contributed by atoms with Crippen LogP contribution in [0.2, 0.25) is 0 Å². The number of fused-ring (bicyclic) bond motifs is 1. The normalized spacial score (nSPS) is 11.1. The molecule has 0 radical (unpaired) electrons. The van der Waals surface area contributed by atoms with E-state index in [1.165, 1.54) is 11.8 Å². The molecule has 0 unspecified atom stereocenters. The molecule has 0 fully saturated rings. The Hall–Kier alpha value is -2.19. The van der Waals surface area contributed by atoms with Crippen LogP contribution in [0.15, 0.2) is 41.4 Å². The quantitative estimate of drug-likeness (QED) is 0.394. The third kappa shape index (κ3) is 2.80. The van der Waals surface area contributed by atoms with E-state index in [0.717, 1.165) is 22.2 Å². The number of ether oxygens (including phenoxy) is 1. The van der Waals surface area contributed by atoms with Gasteiger partial charge in [0, 0.05) is 10.8 Å². The van der Waals surface area contributed by atoms with Crippen LogP contribution in [0, 0.1) is 11.5 Å². The number of hydrogen-bond acceptors (Lipinski definition) is 4. The molecule has 2 aromatic rings. The van der Waals surface area contributed by atoms with Gasteiger partial charge in [0.05, 0.1) is 12.8 Å². The van der Waals surface area contributed by atoms with Crippen LogP contribution >= 0.6 is 11.8 Å². The SMILES string of the molecule is COc1ccc(N=C(NC#N)SC)c2ccccc12. The van der Waals surface area contributed by atoms with E-state index in [9.17, 15) is 0 Å². The molecule has 96 valence electrons. The summed E-state index contributed by atoms with van der Waals surface area (Å²) in [5.41, 5.74) is 0.809. The molecule has 0 spiro atoms. The molecule has 0 aromatic heterocycles. The number of nitriles is 1. The molecule has 2 aromatic carbocycles. The van der Waals surface area contributed by atoms with Crippen molar-refractivity contribution >= 4 is 33.4 Å². The summed E-state index contributed by atoms with van der Waals surface area (Å²) in [4.78, 5) is 4.46. The number of nitrogens with zero attached hydrogens (tertiary/aromatic N) is 2. The van der Waals surface area contributed by atoms with E-state index in [-0.39, 0.29) is 0 Å². The zero-order chi connectivity index (χ0) is 13.7. The van der Waals surface area contributed by atoms with Crippen molar-refractivity contribution in [3.8, 4) is 11.9 Å². The Labute approximate surface area is 116 Å². The molecule has 4 nitrogen and oxygen atoms in total. The van der Waals surface area contributed by atoms with Gasteiger partial charge < -0.3 is 4.74 Å². The maximum absolute atomic E-state index is 8.67. The summed E-state index contributed by atoms with van der Waals surface area (Å²) in [6, 6.07) is 11.7. The Morgan fingerprint density at radius 1 is 1.26 bits per heavy atom. The van der Waals surface area contributed by atoms with Gasteiger partial charge in [-0.2, -0.15) is 5.26 Å². The number of nitrogens with one attached hydrogen (secondary N) is 1. The van der Waals surface area contributed by atoms with E-state index < -0.39 is 0 Å². The number of rotatable bonds is 2. The number of hydrogen-bond donors (Lipinski definition) is 1. The summed E-state index contributed by atoms with van der Waals surface area (Å²) in [7, 11) is 1.65. The average Bonchev–Trinajstić information content (AvgIpc) is 2.47. The van der Waals surface area contributed by atoms with Gasteiger partial charge in [-0.3, -0.25) is 5.32 Å². The second-order valence-corrected chi connectivity index (χ2v) is 4.49. The molecule has 0 bridgehead atoms. The van der Waals surface area contributed by atoms with Crippen molar-refractivity contribution in [1.29, 1.82) is 5.26 Å². The molecule has 0 atom stereocenters. The van der Waals surface area contributed by atoms with Crippen molar-refractivity contribution in [1.82, 2.24) is 5.32 Å². The first-order valence-corrected chi connectivity index (χ1v) is 6.86. The van der Waals surface area contributed by atoms with Crippen molar-refractivity contribution in [3.05, 3.63) is 36.4 Å². The smallest absolute Gasteiger partial charge is 0.183 e. The fourth-order valence-electron chi connectivity index (χ4n) is 1.81. The van der Waals surface area contributed by atoms with E-state index in [0.29, 0.717) is 5.17 Å². The predicted octanol–water partition coefficient (Wildman–Crippen LogP) is 3.27. The Balaban J connectivity index is 2.59. The van der Waals surface area contributed by atoms with Gasteiger partial charge in [0.25, 0.3) is 0 Å². The van der Waals surface area contributed by atoms with Gasteiger partial charge in [-0.15, -0.1) is 0 Å². The van der Waals surface area contributed by atoms with Crippen LogP contribution < -0.4 is 10.1 Å². The van der Waals surface area contributed by atoms with Crippen LogP contribution in [0.25, 0.3) is 10.8 Å². The van der Waals surface area contributed by atoms with Crippen molar-refractivity contribution in [2.75, 3.05) is 13.4 Å². The minimum Gasteiger partial charge on any atom is -0.496 e. The molecular weight excluding hydrogens is 258 g/mol. The molecule has 0 aliphatic carbocycles. The summed E-state index contributed by atoms with van der Waals surface area (Å²) in [6.07, 6.45) is 3.75. The van der Waals surface area contributed by atoms with Gasteiger partial charge in [0.15, 0.2) is 11.4 Å². The zero-order valence-corrected chi connectivity index (χ0v) is 11.5. The summed E-state index contributed by atoms with van der Waals surface area (Å²) in [5, 5.41) is 13.8. The molecule has 0 heterocycles. The highest BCUT2D eigenvalue weighted by Crippen LogP contribution is 2.33. The number of aliphatic imine (C=N–C) groups is 1. The van der Waals surface area contributed by atoms with Crippen molar-refractivity contribution < 1.29 is 4.74 Å². The third-order valence-electron chi connectivity index (χ3n) is 2.66. The van der Waals surface area contributed by atoms with Gasteiger partial charge >= 0.3 is 0 Å². The number of benzene rings is 2. The first kappa shape index (κ1) is 13.2. The lowest BCUT2D eigenvalue weighted by atomic mass is 10.1. The largest absolute Gasteiger partial charge is 0.496 e. The highest BCUT2D eigenvalue weighted by Gasteiger charge is 2.06. The average molecular weight is 271 g/mol. The van der Waals surface area contributed by atoms with Crippen molar-refractivity contribution in [2.45, 2.75) is 0 Å². The van der Waals surface area contributed by atoms with E-state index in [1.807, 2.05) is 48.8 Å². The number of methoxy groups -OCH3 is 1. The van der Waals surface area contributed by atoms with Crippen LogP contribution in [0.3, 0.4) is 0 Å². The molecule has 0 aliphatic heterocycles. The van der Waals surface area contributed by atoms with Crippen molar-refractivity contribution in [2.24, 2.45) is 4.99 Å². The van der Waals surface area contributed by atoms with Gasteiger partial charge in [-0.05, 0) is 18.4 Å². The standard InChI is InChI=1S/C14H13N3OS/c1-18-13-8-7-12(17-14(19-2)16-9-15)10-5-3-4-6-11(10)13/h3-8H,1-2H3,(H,16,17). The summed E-state index contributed by atoms with van der Waals surface area (Å²) in [5.74, 6) is 0.813. The van der Waals surface area contributed by atoms with Crippen molar-refractivity contribution in [3.63, 3.8) is 0 Å². The lowest BCUT2D eigenvalue weighted by Gasteiger charge is -2.08. The first-order valence-electron chi connectivity index (χ1n) is 5.63. The number of thioether (sulfide) groups is 1. The van der Waals surface area contributed by atoms with Gasteiger partial charge in [-0.1, -0.05) is 36.0 Å². The molecule has 0 saturated heterocycles. The van der Waals surface area contributed by atoms with Gasteiger partial charge in [-0.25, -0.2) is 4.99 Å². The van der Waals surface area contributed by atoms with Crippen LogP contribution in [-0.4, -0.2) is 18.5 Å². The third-order valence-corrected chi connectivity index (χ3v) is 3.24. The first-order chi connectivity index (χ1) is 9.30. The highest BCUT2D eigenvalue weighted by atomic mass is 32.2. The highest BCUT2D eigenvalue weighted by molar-refractivity contribution is 8.13. The minimum atomic E-state index is 0.567. The van der Waals surface area contributed by atoms with E-state index >= 15 is 0 Å². The minimum absolute atomic E-state index is 0.567.